The number of carbonyl (C=O) groups is 3. The van der Waals surface area contributed by atoms with Crippen molar-refractivity contribution in [2.45, 2.75) is 68.8 Å². The molecule has 226 valence electrons. The molecule has 43 heavy (non-hydrogen) atoms. The summed E-state index contributed by atoms with van der Waals surface area (Å²) in [5.41, 5.74) is 4.74. The molecule has 0 radical (unpaired) electrons. The van der Waals surface area contributed by atoms with Crippen LogP contribution >= 0.6 is 11.6 Å². The summed E-state index contributed by atoms with van der Waals surface area (Å²) >= 11 is 6.41. The van der Waals surface area contributed by atoms with E-state index < -0.39 is 41.5 Å². The molecule has 6 atom stereocenters. The number of benzene rings is 3. The molecule has 0 bridgehead atoms. The fourth-order valence-electron chi connectivity index (χ4n) is 6.15. The SMILES string of the molecule is Cc1ccccc1CNC(=O)[C@@H]1C[C@@H](Cl)CN1C(=O)[C@@H](O)C[C@@H](Cc1ccccc1)C(=O)N[C@H]1c2ccccc2C[C@H]1O. The third-order valence-electron chi connectivity index (χ3n) is 8.54. The van der Waals surface area contributed by atoms with Crippen molar-refractivity contribution in [3.05, 3.63) is 107 Å². The predicted molar refractivity (Wildman–Crippen MR) is 164 cm³/mol. The normalized spacial score (nSPS) is 22.5. The maximum absolute atomic E-state index is 13.7. The Morgan fingerprint density at radius 3 is 2.47 bits per heavy atom. The molecule has 9 heteroatoms. The van der Waals surface area contributed by atoms with Gasteiger partial charge in [0, 0.05) is 25.4 Å². The van der Waals surface area contributed by atoms with Crippen LogP contribution in [0.5, 0.6) is 0 Å². The number of amides is 3. The molecule has 1 aliphatic heterocycles. The number of hydrogen-bond donors (Lipinski definition) is 4. The second-order valence-electron chi connectivity index (χ2n) is 11.6. The number of alkyl halides is 1. The number of nitrogens with zero attached hydrogens (tertiary/aromatic N) is 1. The van der Waals surface area contributed by atoms with E-state index >= 15 is 0 Å². The molecule has 3 aromatic rings. The smallest absolute Gasteiger partial charge is 0.252 e. The van der Waals surface area contributed by atoms with Crippen LogP contribution in [0.25, 0.3) is 0 Å². The molecule has 1 saturated heterocycles. The minimum atomic E-state index is -1.52. The van der Waals surface area contributed by atoms with Crippen molar-refractivity contribution in [3.8, 4) is 0 Å². The van der Waals surface area contributed by atoms with Crippen LogP contribution in [-0.4, -0.2) is 63.0 Å². The number of aliphatic hydroxyl groups excluding tert-OH is 2. The van der Waals surface area contributed by atoms with Gasteiger partial charge in [0.15, 0.2) is 0 Å². The maximum Gasteiger partial charge on any atom is 0.252 e. The van der Waals surface area contributed by atoms with Gasteiger partial charge in [-0.15, -0.1) is 11.6 Å². The van der Waals surface area contributed by atoms with Crippen LogP contribution in [0.1, 0.15) is 46.7 Å². The number of aryl methyl sites for hydroxylation is 1. The summed E-state index contributed by atoms with van der Waals surface area (Å²) in [7, 11) is 0. The highest BCUT2D eigenvalue weighted by atomic mass is 35.5. The summed E-state index contributed by atoms with van der Waals surface area (Å²) in [4.78, 5) is 41.8. The first-order chi connectivity index (χ1) is 20.7. The average Bonchev–Trinajstić information content (AvgIpc) is 3.55. The first-order valence-corrected chi connectivity index (χ1v) is 15.2. The number of nitrogens with one attached hydrogen (secondary N) is 2. The maximum atomic E-state index is 13.7. The van der Waals surface area contributed by atoms with Gasteiger partial charge in [0.05, 0.1) is 17.5 Å². The van der Waals surface area contributed by atoms with E-state index in [9.17, 15) is 24.6 Å². The van der Waals surface area contributed by atoms with E-state index in [4.69, 9.17) is 11.6 Å². The van der Waals surface area contributed by atoms with Crippen molar-refractivity contribution >= 4 is 29.3 Å². The molecule has 3 amide bonds. The summed E-state index contributed by atoms with van der Waals surface area (Å²) in [5.74, 6) is -2.08. The second kappa shape index (κ2) is 13.7. The van der Waals surface area contributed by atoms with E-state index in [0.29, 0.717) is 19.4 Å². The summed E-state index contributed by atoms with van der Waals surface area (Å²) in [6.07, 6.45) is -1.44. The molecule has 2 aliphatic rings. The van der Waals surface area contributed by atoms with Gasteiger partial charge in [-0.3, -0.25) is 14.4 Å². The van der Waals surface area contributed by atoms with Gasteiger partial charge in [0.25, 0.3) is 5.91 Å². The summed E-state index contributed by atoms with van der Waals surface area (Å²) in [6, 6.07) is 23.3. The van der Waals surface area contributed by atoms with Crippen molar-refractivity contribution in [1.82, 2.24) is 15.5 Å². The highest BCUT2D eigenvalue weighted by Gasteiger charge is 2.42. The molecule has 3 aromatic carbocycles. The molecule has 4 N–H and O–H groups in total. The number of halogens is 1. The highest BCUT2D eigenvalue weighted by Crippen LogP contribution is 2.32. The van der Waals surface area contributed by atoms with Crippen LogP contribution in [0.3, 0.4) is 0 Å². The van der Waals surface area contributed by atoms with Gasteiger partial charge < -0.3 is 25.7 Å². The molecule has 1 fully saturated rings. The lowest BCUT2D eigenvalue weighted by Gasteiger charge is -2.28. The van der Waals surface area contributed by atoms with Crippen LogP contribution in [0.2, 0.25) is 0 Å². The van der Waals surface area contributed by atoms with Gasteiger partial charge in [-0.1, -0.05) is 78.9 Å². The number of rotatable bonds is 10. The van der Waals surface area contributed by atoms with Gasteiger partial charge in [-0.2, -0.15) is 0 Å². The minimum Gasteiger partial charge on any atom is -0.390 e. The van der Waals surface area contributed by atoms with Crippen molar-refractivity contribution in [1.29, 1.82) is 0 Å². The number of likely N-dealkylation sites (tertiary alicyclic amines) is 1. The second-order valence-corrected chi connectivity index (χ2v) is 12.2. The molecule has 8 nitrogen and oxygen atoms in total. The third-order valence-corrected chi connectivity index (χ3v) is 8.86. The fourth-order valence-corrected chi connectivity index (χ4v) is 6.47. The number of fused-ring (bicyclic) bond motifs is 1. The number of hydrogen-bond acceptors (Lipinski definition) is 5. The highest BCUT2D eigenvalue weighted by molar-refractivity contribution is 6.21. The van der Waals surface area contributed by atoms with Crippen LogP contribution in [0.15, 0.2) is 78.9 Å². The lowest BCUT2D eigenvalue weighted by molar-refractivity contribution is -0.146. The average molecular weight is 604 g/mol. The molecular weight excluding hydrogens is 566 g/mol. The van der Waals surface area contributed by atoms with E-state index in [1.54, 1.807) is 0 Å². The van der Waals surface area contributed by atoms with Gasteiger partial charge in [0.2, 0.25) is 11.8 Å². The molecule has 0 aromatic heterocycles. The Morgan fingerprint density at radius 1 is 1.00 bits per heavy atom. The van der Waals surface area contributed by atoms with Crippen molar-refractivity contribution < 1.29 is 24.6 Å². The molecule has 1 heterocycles. The topological polar surface area (TPSA) is 119 Å². The van der Waals surface area contributed by atoms with E-state index in [2.05, 4.69) is 10.6 Å². The zero-order valence-corrected chi connectivity index (χ0v) is 24.9. The Balaban J connectivity index is 1.28. The van der Waals surface area contributed by atoms with Crippen molar-refractivity contribution in [2.75, 3.05) is 6.54 Å². The summed E-state index contributed by atoms with van der Waals surface area (Å²) < 4.78 is 0. The molecular formula is C34H38ClN3O5. The standard InChI is InChI=1S/C34H38ClN3O5/c1-21-9-5-6-13-24(21)19-36-33(42)28-18-26(35)20-38(28)34(43)30(40)17-25(15-22-10-3-2-4-11-22)32(41)37-31-27-14-8-7-12-23(27)16-29(31)39/h2-14,25-26,28-31,39-40H,15-20H2,1H3,(H,36,42)(H,37,41)/t25-,26-,28+,29-,30+,31+/m1/s1. The Kier molecular flexibility index (Phi) is 9.80. The minimum absolute atomic E-state index is 0.125. The number of carbonyl (C=O) groups excluding carboxylic acids is 3. The Bertz CT molecular complexity index is 1450. The third kappa shape index (κ3) is 7.26. The van der Waals surface area contributed by atoms with E-state index in [-0.39, 0.29) is 31.2 Å². The molecule has 0 spiro atoms. The predicted octanol–water partition coefficient (Wildman–Crippen LogP) is 3.20. The summed E-state index contributed by atoms with van der Waals surface area (Å²) in [5, 5.41) is 27.3. The van der Waals surface area contributed by atoms with Crippen LogP contribution in [0.4, 0.5) is 0 Å². The van der Waals surface area contributed by atoms with Gasteiger partial charge in [-0.05, 0) is 54.0 Å². The van der Waals surface area contributed by atoms with Gasteiger partial charge >= 0.3 is 0 Å². The first-order valence-electron chi connectivity index (χ1n) is 14.8. The number of aliphatic hydroxyl groups is 2. The molecule has 0 unspecified atom stereocenters. The van der Waals surface area contributed by atoms with E-state index in [0.717, 1.165) is 27.8 Å². The van der Waals surface area contributed by atoms with Gasteiger partial charge in [0.1, 0.15) is 12.1 Å². The largest absolute Gasteiger partial charge is 0.390 e. The van der Waals surface area contributed by atoms with E-state index in [1.807, 2.05) is 85.8 Å². The fraction of sp³-hybridized carbons (Fsp3) is 0.382. The van der Waals surface area contributed by atoms with Gasteiger partial charge in [-0.25, -0.2) is 0 Å². The lowest BCUT2D eigenvalue weighted by atomic mass is 9.91. The Morgan fingerprint density at radius 2 is 1.70 bits per heavy atom. The van der Waals surface area contributed by atoms with Crippen molar-refractivity contribution in [2.24, 2.45) is 5.92 Å². The molecule has 0 saturated carbocycles. The monoisotopic (exact) mass is 603 g/mol. The molecule has 5 rings (SSSR count). The van der Waals surface area contributed by atoms with Crippen molar-refractivity contribution in [3.63, 3.8) is 0 Å². The molecule has 1 aliphatic carbocycles. The van der Waals surface area contributed by atoms with Crippen LogP contribution in [0, 0.1) is 12.8 Å². The van der Waals surface area contributed by atoms with E-state index in [1.165, 1.54) is 4.90 Å². The zero-order chi connectivity index (χ0) is 30.5. The quantitative estimate of drug-likeness (QED) is 0.266. The van der Waals surface area contributed by atoms with Crippen LogP contribution in [-0.2, 0) is 33.8 Å². The Hall–Kier alpha value is -3.72. The lowest BCUT2D eigenvalue weighted by Crippen LogP contribution is -2.50. The zero-order valence-electron chi connectivity index (χ0n) is 24.2. The summed E-state index contributed by atoms with van der Waals surface area (Å²) in [6.45, 7) is 2.40. The Labute approximate surface area is 257 Å². The first kappa shape index (κ1) is 30.7. The van der Waals surface area contributed by atoms with Crippen LogP contribution < -0.4 is 10.6 Å².